The zero-order valence-electron chi connectivity index (χ0n) is 11.0. The van der Waals surface area contributed by atoms with Crippen LogP contribution in [0, 0.1) is 13.8 Å². The summed E-state index contributed by atoms with van der Waals surface area (Å²) in [6.45, 7) is 3.39. The lowest BCUT2D eigenvalue weighted by molar-refractivity contribution is 0.102. The zero-order chi connectivity index (χ0) is 14.7. The van der Waals surface area contributed by atoms with Crippen molar-refractivity contribution < 1.29 is 13.6 Å². The number of anilines is 1. The average molecular weight is 277 g/mol. The van der Waals surface area contributed by atoms with Crippen molar-refractivity contribution in [2.75, 3.05) is 5.32 Å². The van der Waals surface area contributed by atoms with Crippen molar-refractivity contribution in [3.8, 4) is 0 Å². The van der Waals surface area contributed by atoms with Crippen molar-refractivity contribution >= 4 is 11.6 Å². The maximum atomic E-state index is 12.6. The SMILES string of the molecule is Cc1ccc(NC(=O)c2cc(C(F)F)nc(C)n2)cc1. The van der Waals surface area contributed by atoms with Gasteiger partial charge in [0.1, 0.15) is 17.2 Å². The molecule has 1 N–H and O–H groups in total. The normalized spacial score (nSPS) is 10.7. The van der Waals surface area contributed by atoms with Crippen LogP contribution in [0.25, 0.3) is 0 Å². The van der Waals surface area contributed by atoms with Crippen LogP contribution in [-0.2, 0) is 0 Å². The summed E-state index contributed by atoms with van der Waals surface area (Å²) in [7, 11) is 0. The Bertz CT molecular complexity index is 627. The fourth-order valence-corrected chi connectivity index (χ4v) is 1.65. The first-order chi connectivity index (χ1) is 9.45. The number of carbonyl (C=O) groups excluding carboxylic acids is 1. The lowest BCUT2D eigenvalue weighted by Gasteiger charge is -2.07. The number of benzene rings is 1. The van der Waals surface area contributed by atoms with E-state index < -0.39 is 18.0 Å². The van der Waals surface area contributed by atoms with E-state index in [4.69, 9.17) is 0 Å². The number of amides is 1. The van der Waals surface area contributed by atoms with E-state index in [1.165, 1.54) is 6.92 Å². The van der Waals surface area contributed by atoms with Gasteiger partial charge in [0.15, 0.2) is 0 Å². The second kappa shape index (κ2) is 5.73. The van der Waals surface area contributed by atoms with Crippen LogP contribution >= 0.6 is 0 Å². The van der Waals surface area contributed by atoms with Gasteiger partial charge in [-0.2, -0.15) is 0 Å². The largest absolute Gasteiger partial charge is 0.321 e. The number of hydrogen-bond donors (Lipinski definition) is 1. The average Bonchev–Trinajstić information content (AvgIpc) is 2.40. The summed E-state index contributed by atoms with van der Waals surface area (Å²) in [5, 5.41) is 2.60. The van der Waals surface area contributed by atoms with E-state index in [1.54, 1.807) is 12.1 Å². The van der Waals surface area contributed by atoms with E-state index in [0.29, 0.717) is 5.69 Å². The number of nitrogens with zero attached hydrogens (tertiary/aromatic N) is 2. The molecule has 0 bridgehead atoms. The van der Waals surface area contributed by atoms with Gasteiger partial charge < -0.3 is 5.32 Å². The van der Waals surface area contributed by atoms with E-state index in [-0.39, 0.29) is 11.5 Å². The molecule has 0 aliphatic rings. The Labute approximate surface area is 114 Å². The Balaban J connectivity index is 2.22. The molecule has 6 heteroatoms. The summed E-state index contributed by atoms with van der Waals surface area (Å²) in [6.07, 6.45) is -2.73. The minimum Gasteiger partial charge on any atom is -0.321 e. The monoisotopic (exact) mass is 277 g/mol. The molecule has 0 saturated heterocycles. The molecule has 1 heterocycles. The molecule has 0 aliphatic heterocycles. The molecule has 0 aliphatic carbocycles. The van der Waals surface area contributed by atoms with Crippen molar-refractivity contribution in [3.05, 3.63) is 53.1 Å². The minimum absolute atomic E-state index is 0.0756. The quantitative estimate of drug-likeness (QED) is 0.936. The van der Waals surface area contributed by atoms with Gasteiger partial charge in [0.05, 0.1) is 0 Å². The summed E-state index contributed by atoms with van der Waals surface area (Å²) in [5.74, 6) is -0.405. The van der Waals surface area contributed by atoms with Gasteiger partial charge >= 0.3 is 0 Å². The highest BCUT2D eigenvalue weighted by Gasteiger charge is 2.15. The number of aromatic nitrogens is 2. The smallest absolute Gasteiger partial charge is 0.280 e. The van der Waals surface area contributed by atoms with Gasteiger partial charge in [-0.3, -0.25) is 4.79 Å². The van der Waals surface area contributed by atoms with Crippen LogP contribution in [0.15, 0.2) is 30.3 Å². The predicted molar refractivity (Wildman–Crippen MR) is 70.9 cm³/mol. The maximum Gasteiger partial charge on any atom is 0.280 e. The van der Waals surface area contributed by atoms with Crippen molar-refractivity contribution in [1.82, 2.24) is 9.97 Å². The molecule has 1 aromatic heterocycles. The fourth-order valence-electron chi connectivity index (χ4n) is 1.65. The molecule has 1 amide bonds. The van der Waals surface area contributed by atoms with Crippen molar-refractivity contribution in [3.63, 3.8) is 0 Å². The second-order valence-corrected chi connectivity index (χ2v) is 4.35. The first-order valence-electron chi connectivity index (χ1n) is 5.97. The summed E-state index contributed by atoms with van der Waals surface area (Å²) >= 11 is 0. The third kappa shape index (κ3) is 3.34. The third-order valence-corrected chi connectivity index (χ3v) is 2.62. The number of halogens is 2. The number of rotatable bonds is 3. The van der Waals surface area contributed by atoms with Gasteiger partial charge in [0.25, 0.3) is 12.3 Å². The third-order valence-electron chi connectivity index (χ3n) is 2.62. The van der Waals surface area contributed by atoms with Crippen LogP contribution in [-0.4, -0.2) is 15.9 Å². The van der Waals surface area contributed by atoms with Crippen LogP contribution < -0.4 is 5.32 Å². The van der Waals surface area contributed by atoms with Crippen LogP contribution in [0.3, 0.4) is 0 Å². The minimum atomic E-state index is -2.73. The maximum absolute atomic E-state index is 12.6. The second-order valence-electron chi connectivity index (χ2n) is 4.35. The number of nitrogens with one attached hydrogen (secondary N) is 1. The first-order valence-corrected chi connectivity index (χ1v) is 5.97. The number of carbonyl (C=O) groups is 1. The Kier molecular flexibility index (Phi) is 4.02. The molecule has 2 aromatic rings. The Morgan fingerprint density at radius 3 is 2.40 bits per heavy atom. The molecule has 0 spiro atoms. The summed E-state index contributed by atoms with van der Waals surface area (Å²) in [5.41, 5.74) is 1.11. The molecule has 104 valence electrons. The van der Waals surface area contributed by atoms with Gasteiger partial charge in [-0.25, -0.2) is 18.7 Å². The Morgan fingerprint density at radius 1 is 1.15 bits per heavy atom. The number of alkyl halides is 2. The fraction of sp³-hybridized carbons (Fsp3) is 0.214. The number of hydrogen-bond acceptors (Lipinski definition) is 3. The Morgan fingerprint density at radius 2 is 1.80 bits per heavy atom. The van der Waals surface area contributed by atoms with Crippen LogP contribution in [0.4, 0.5) is 14.5 Å². The zero-order valence-corrected chi connectivity index (χ0v) is 11.0. The lowest BCUT2D eigenvalue weighted by Crippen LogP contribution is -2.15. The van der Waals surface area contributed by atoms with Crippen molar-refractivity contribution in [2.45, 2.75) is 20.3 Å². The molecule has 1 aromatic carbocycles. The first kappa shape index (κ1) is 14.0. The van der Waals surface area contributed by atoms with Crippen molar-refractivity contribution in [2.24, 2.45) is 0 Å². The van der Waals surface area contributed by atoms with Crippen LogP contribution in [0.2, 0.25) is 0 Å². The highest BCUT2D eigenvalue weighted by Crippen LogP contribution is 2.17. The molecule has 2 rings (SSSR count). The number of aryl methyl sites for hydroxylation is 2. The standard InChI is InChI=1S/C14H13F2N3O/c1-8-3-5-10(6-4-8)19-14(20)12-7-11(13(15)16)17-9(2)18-12/h3-7,13H,1-2H3,(H,19,20). The molecular weight excluding hydrogens is 264 g/mol. The molecule has 0 saturated carbocycles. The van der Waals surface area contributed by atoms with E-state index >= 15 is 0 Å². The van der Waals surface area contributed by atoms with E-state index in [0.717, 1.165) is 11.6 Å². The molecule has 0 unspecified atom stereocenters. The van der Waals surface area contributed by atoms with Gasteiger partial charge in [0, 0.05) is 5.69 Å². The van der Waals surface area contributed by atoms with Crippen molar-refractivity contribution in [1.29, 1.82) is 0 Å². The van der Waals surface area contributed by atoms with Gasteiger partial charge in [-0.05, 0) is 32.0 Å². The lowest BCUT2D eigenvalue weighted by atomic mass is 10.2. The topological polar surface area (TPSA) is 54.9 Å². The van der Waals surface area contributed by atoms with E-state index in [2.05, 4.69) is 15.3 Å². The highest BCUT2D eigenvalue weighted by molar-refractivity contribution is 6.02. The molecular formula is C14H13F2N3O. The van der Waals surface area contributed by atoms with Gasteiger partial charge in [-0.15, -0.1) is 0 Å². The van der Waals surface area contributed by atoms with Crippen LogP contribution in [0.5, 0.6) is 0 Å². The van der Waals surface area contributed by atoms with Crippen LogP contribution in [0.1, 0.15) is 34.0 Å². The van der Waals surface area contributed by atoms with E-state index in [9.17, 15) is 13.6 Å². The summed E-state index contributed by atoms with van der Waals surface area (Å²) in [6, 6.07) is 8.14. The molecule has 20 heavy (non-hydrogen) atoms. The summed E-state index contributed by atoms with van der Waals surface area (Å²) in [4.78, 5) is 19.4. The highest BCUT2D eigenvalue weighted by atomic mass is 19.3. The van der Waals surface area contributed by atoms with Gasteiger partial charge in [0.2, 0.25) is 0 Å². The molecule has 0 radical (unpaired) electrons. The van der Waals surface area contributed by atoms with E-state index in [1.807, 2.05) is 19.1 Å². The van der Waals surface area contributed by atoms with Gasteiger partial charge in [-0.1, -0.05) is 17.7 Å². The Hall–Kier alpha value is -2.37. The molecule has 4 nitrogen and oxygen atoms in total. The molecule has 0 atom stereocenters. The molecule has 0 fully saturated rings. The predicted octanol–water partition coefficient (Wildman–Crippen LogP) is 3.28. The summed E-state index contributed by atoms with van der Waals surface area (Å²) < 4.78 is 25.3.